The number of carbonyl (C=O) groups excluding carboxylic acids is 2. The van der Waals surface area contributed by atoms with Crippen LogP contribution in [0.15, 0.2) is 48.7 Å². The van der Waals surface area contributed by atoms with Crippen molar-refractivity contribution in [1.29, 1.82) is 5.26 Å². The number of hydrogen-bond acceptors (Lipinski definition) is 8. The molecule has 3 aliphatic rings. The molecule has 0 bridgehead atoms. The van der Waals surface area contributed by atoms with Crippen molar-refractivity contribution in [3.05, 3.63) is 65.5 Å². The minimum absolute atomic E-state index is 0.0225. The number of amides is 3. The molecular weight excluding hydrogens is 556 g/mol. The summed E-state index contributed by atoms with van der Waals surface area (Å²) in [6.07, 6.45) is 4.06. The fourth-order valence-electron chi connectivity index (χ4n) is 6.47. The van der Waals surface area contributed by atoms with Gasteiger partial charge in [-0.3, -0.25) is 9.69 Å². The number of nitrogens with one attached hydrogen (secondary N) is 2. The van der Waals surface area contributed by atoms with Crippen LogP contribution in [0.2, 0.25) is 0 Å². The van der Waals surface area contributed by atoms with E-state index in [4.69, 9.17) is 9.72 Å². The molecule has 1 aromatic carbocycles. The molecule has 2 aromatic heterocycles. The lowest BCUT2D eigenvalue weighted by atomic mass is 10.1. The van der Waals surface area contributed by atoms with Gasteiger partial charge < -0.3 is 25.2 Å². The molecule has 2 saturated heterocycles. The number of para-hydroxylation sites is 1. The number of nitriles is 1. The maximum absolute atomic E-state index is 13.8. The Labute approximate surface area is 257 Å². The van der Waals surface area contributed by atoms with Gasteiger partial charge in [0.15, 0.2) is 5.69 Å². The first-order valence-electron chi connectivity index (χ1n) is 15.5. The number of fused-ring (bicyclic) bond motifs is 1. The minimum atomic E-state index is -0.219. The van der Waals surface area contributed by atoms with Crippen LogP contribution in [0.1, 0.15) is 48.3 Å². The highest BCUT2D eigenvalue weighted by Gasteiger charge is 2.36. The van der Waals surface area contributed by atoms with E-state index in [0.29, 0.717) is 55.6 Å². The molecule has 0 saturated carbocycles. The van der Waals surface area contributed by atoms with E-state index in [9.17, 15) is 14.9 Å². The van der Waals surface area contributed by atoms with Crippen molar-refractivity contribution < 1.29 is 14.3 Å². The molecule has 2 fully saturated rings. The first kappa shape index (κ1) is 29.4. The summed E-state index contributed by atoms with van der Waals surface area (Å²) in [5.74, 6) is 0.256. The molecule has 0 radical (unpaired) electrons. The van der Waals surface area contributed by atoms with Gasteiger partial charge in [0.1, 0.15) is 6.07 Å². The van der Waals surface area contributed by atoms with E-state index >= 15 is 0 Å². The first-order valence-corrected chi connectivity index (χ1v) is 15.5. The molecule has 3 aromatic rings. The highest BCUT2D eigenvalue weighted by atomic mass is 16.5. The van der Waals surface area contributed by atoms with Crippen LogP contribution in [-0.4, -0.2) is 84.8 Å². The summed E-state index contributed by atoms with van der Waals surface area (Å²) >= 11 is 0. The summed E-state index contributed by atoms with van der Waals surface area (Å²) in [5, 5.41) is 16.2. The predicted octanol–water partition coefficient (Wildman–Crippen LogP) is 3.59. The standard InChI is InChI=1S/C33H38N8O3/c1-3-25-21-39(33(43)41-16-13-22-7-5-8-23(19-34)30(22)41)17-18-40(25)28-11-10-27(26-9-6-14-36-32(26)44-4-2)38-29(28)31(42)37-24-12-15-35-20-24/h5-11,14,24-25,35H,3-4,12-13,15-18,20-21H2,1-2H3,(H,37,42)/t24-,25-/m1/s1. The van der Waals surface area contributed by atoms with E-state index in [1.54, 1.807) is 17.2 Å². The SMILES string of the molecule is CCOc1ncccc1-c1ccc(N2CCN(C(=O)N3CCc4cccc(C#N)c43)C[C@H]2CC)c(C(=O)N[C@@H]2CCNC2)n1. The molecule has 3 aliphatic heterocycles. The zero-order chi connectivity index (χ0) is 30.6. The normalized spacial score (nSPS) is 19.4. The number of ether oxygens (including phenoxy) is 1. The van der Waals surface area contributed by atoms with Crippen LogP contribution in [0.25, 0.3) is 11.3 Å². The number of rotatable bonds is 7. The van der Waals surface area contributed by atoms with Gasteiger partial charge in [-0.1, -0.05) is 19.1 Å². The third-order valence-electron chi connectivity index (χ3n) is 8.69. The number of anilines is 2. The summed E-state index contributed by atoms with van der Waals surface area (Å²) in [5.41, 5.74) is 4.73. The number of aromatic nitrogens is 2. The number of benzene rings is 1. The Morgan fingerprint density at radius 2 is 2.02 bits per heavy atom. The fourth-order valence-corrected chi connectivity index (χ4v) is 6.47. The van der Waals surface area contributed by atoms with E-state index in [2.05, 4.69) is 33.5 Å². The summed E-state index contributed by atoms with van der Waals surface area (Å²) in [6, 6.07) is 15.4. The number of piperazine rings is 1. The van der Waals surface area contributed by atoms with Gasteiger partial charge >= 0.3 is 6.03 Å². The second kappa shape index (κ2) is 12.9. The van der Waals surface area contributed by atoms with E-state index in [-0.39, 0.29) is 24.0 Å². The van der Waals surface area contributed by atoms with Gasteiger partial charge in [-0.05, 0) is 68.6 Å². The van der Waals surface area contributed by atoms with Gasteiger partial charge in [0, 0.05) is 51.0 Å². The van der Waals surface area contributed by atoms with Crippen LogP contribution in [0.4, 0.5) is 16.2 Å². The lowest BCUT2D eigenvalue weighted by molar-refractivity contribution is 0.0935. The zero-order valence-corrected chi connectivity index (χ0v) is 25.3. The zero-order valence-electron chi connectivity index (χ0n) is 25.3. The maximum Gasteiger partial charge on any atom is 0.324 e. The van der Waals surface area contributed by atoms with Crippen LogP contribution >= 0.6 is 0 Å². The molecule has 0 unspecified atom stereocenters. The van der Waals surface area contributed by atoms with Crippen LogP contribution in [0.5, 0.6) is 5.88 Å². The molecule has 5 heterocycles. The average molecular weight is 595 g/mol. The molecule has 3 amide bonds. The highest BCUT2D eigenvalue weighted by Crippen LogP contribution is 2.35. The number of pyridine rings is 2. The fraction of sp³-hybridized carbons (Fsp3) is 0.424. The molecule has 2 N–H and O–H groups in total. The number of hydrogen-bond donors (Lipinski definition) is 2. The molecule has 2 atom stereocenters. The predicted molar refractivity (Wildman–Crippen MR) is 168 cm³/mol. The molecular formula is C33H38N8O3. The average Bonchev–Trinajstić information content (AvgIpc) is 3.74. The number of carbonyl (C=O) groups is 2. The largest absolute Gasteiger partial charge is 0.477 e. The van der Waals surface area contributed by atoms with Gasteiger partial charge in [-0.15, -0.1) is 0 Å². The Hall–Kier alpha value is -4.69. The highest BCUT2D eigenvalue weighted by molar-refractivity contribution is 5.99. The van der Waals surface area contributed by atoms with E-state index in [1.165, 1.54) is 0 Å². The quantitative estimate of drug-likeness (QED) is 0.425. The summed E-state index contributed by atoms with van der Waals surface area (Å²) in [7, 11) is 0. The van der Waals surface area contributed by atoms with Gasteiger partial charge in [-0.2, -0.15) is 5.26 Å². The van der Waals surface area contributed by atoms with E-state index in [1.807, 2.05) is 48.2 Å². The molecule has 0 aliphatic carbocycles. The van der Waals surface area contributed by atoms with Crippen LogP contribution < -0.4 is 25.2 Å². The van der Waals surface area contributed by atoms with Crippen molar-refractivity contribution in [2.75, 3.05) is 55.7 Å². The van der Waals surface area contributed by atoms with Gasteiger partial charge in [-0.25, -0.2) is 14.8 Å². The third kappa shape index (κ3) is 5.65. The van der Waals surface area contributed by atoms with Crippen LogP contribution in [0.3, 0.4) is 0 Å². The van der Waals surface area contributed by atoms with Crippen molar-refractivity contribution >= 4 is 23.3 Å². The number of urea groups is 1. The topological polar surface area (TPSA) is 127 Å². The van der Waals surface area contributed by atoms with Crippen LogP contribution in [0, 0.1) is 11.3 Å². The Kier molecular flexibility index (Phi) is 8.61. The molecule has 0 spiro atoms. The molecule has 11 heteroatoms. The van der Waals surface area contributed by atoms with Gasteiger partial charge in [0.05, 0.1) is 34.8 Å². The first-order chi connectivity index (χ1) is 21.5. The Morgan fingerprint density at radius 1 is 1.14 bits per heavy atom. The minimum Gasteiger partial charge on any atom is -0.477 e. The summed E-state index contributed by atoms with van der Waals surface area (Å²) < 4.78 is 5.76. The lowest BCUT2D eigenvalue weighted by Crippen LogP contribution is -2.57. The van der Waals surface area contributed by atoms with Crippen molar-refractivity contribution in [2.45, 2.75) is 45.2 Å². The summed E-state index contributed by atoms with van der Waals surface area (Å²) in [6.45, 7) is 8.16. The molecule has 11 nitrogen and oxygen atoms in total. The van der Waals surface area contributed by atoms with Crippen LogP contribution in [-0.2, 0) is 6.42 Å². The van der Waals surface area contributed by atoms with E-state index in [0.717, 1.165) is 54.9 Å². The smallest absolute Gasteiger partial charge is 0.324 e. The van der Waals surface area contributed by atoms with Crippen molar-refractivity contribution in [3.63, 3.8) is 0 Å². The Bertz CT molecular complexity index is 1580. The Morgan fingerprint density at radius 3 is 2.80 bits per heavy atom. The van der Waals surface area contributed by atoms with Gasteiger partial charge in [0.25, 0.3) is 5.91 Å². The Balaban J connectivity index is 1.29. The van der Waals surface area contributed by atoms with Crippen molar-refractivity contribution in [3.8, 4) is 23.2 Å². The van der Waals surface area contributed by atoms with E-state index < -0.39 is 0 Å². The molecule has 228 valence electrons. The third-order valence-corrected chi connectivity index (χ3v) is 8.69. The van der Waals surface area contributed by atoms with Crippen molar-refractivity contribution in [1.82, 2.24) is 25.5 Å². The summed E-state index contributed by atoms with van der Waals surface area (Å²) in [4.78, 5) is 42.8. The number of nitrogens with zero attached hydrogens (tertiary/aromatic N) is 6. The second-order valence-corrected chi connectivity index (χ2v) is 11.3. The van der Waals surface area contributed by atoms with Gasteiger partial charge in [0.2, 0.25) is 5.88 Å². The van der Waals surface area contributed by atoms with Crippen molar-refractivity contribution in [2.24, 2.45) is 0 Å². The monoisotopic (exact) mass is 594 g/mol. The molecule has 44 heavy (non-hydrogen) atoms. The second-order valence-electron chi connectivity index (χ2n) is 11.3. The lowest BCUT2D eigenvalue weighted by Gasteiger charge is -2.44. The maximum atomic E-state index is 13.8. The molecule has 6 rings (SSSR count).